The Morgan fingerprint density at radius 3 is 2.68 bits per heavy atom. The SMILES string of the molecule is C[Si](C)(C)CCOCn1nc(-c2ccnnc2)c(CO)c1N1CCC(Cc2ccc(Cl)cc2C(F)F)C1=O. The summed E-state index contributed by atoms with van der Waals surface area (Å²) in [6.45, 7) is 7.45. The van der Waals surface area contributed by atoms with Crippen LogP contribution in [-0.4, -0.2) is 52.2 Å². The Hall–Kier alpha value is -2.73. The molecule has 0 saturated carbocycles. The molecular formula is C26H32ClF2N5O3Si. The van der Waals surface area contributed by atoms with Gasteiger partial charge >= 0.3 is 0 Å². The maximum Gasteiger partial charge on any atom is 0.264 e. The lowest BCUT2D eigenvalue weighted by Crippen LogP contribution is -2.31. The number of aromatic nitrogens is 4. The Labute approximate surface area is 226 Å². The van der Waals surface area contributed by atoms with Crippen molar-refractivity contribution in [3.63, 3.8) is 0 Å². The molecule has 1 atom stereocenters. The number of amides is 1. The van der Waals surface area contributed by atoms with Crippen molar-refractivity contribution in [2.75, 3.05) is 18.1 Å². The van der Waals surface area contributed by atoms with E-state index in [-0.39, 0.29) is 36.3 Å². The van der Waals surface area contributed by atoms with Crippen molar-refractivity contribution in [1.29, 1.82) is 0 Å². The Morgan fingerprint density at radius 2 is 2.03 bits per heavy atom. The van der Waals surface area contributed by atoms with Crippen LogP contribution in [0.1, 0.15) is 29.5 Å². The van der Waals surface area contributed by atoms with Gasteiger partial charge in [0, 0.05) is 48.9 Å². The van der Waals surface area contributed by atoms with Crippen LogP contribution < -0.4 is 4.90 Å². The summed E-state index contributed by atoms with van der Waals surface area (Å²) >= 11 is 5.93. The maximum atomic E-state index is 13.6. The number of ether oxygens (including phenoxy) is 1. The summed E-state index contributed by atoms with van der Waals surface area (Å²) < 4.78 is 34.8. The molecule has 1 saturated heterocycles. The number of nitrogens with zero attached hydrogens (tertiary/aromatic N) is 5. The average Bonchev–Trinajstić information content (AvgIpc) is 3.42. The second kappa shape index (κ2) is 12.0. The molecule has 4 rings (SSSR count). The van der Waals surface area contributed by atoms with Crippen molar-refractivity contribution in [2.24, 2.45) is 5.92 Å². The summed E-state index contributed by atoms with van der Waals surface area (Å²) in [6, 6.07) is 7.08. The lowest BCUT2D eigenvalue weighted by Gasteiger charge is -2.21. The summed E-state index contributed by atoms with van der Waals surface area (Å²) in [6.07, 6.45) is 1.03. The fraction of sp³-hybridized carbons (Fsp3) is 0.462. The number of hydrogen-bond donors (Lipinski definition) is 1. The van der Waals surface area contributed by atoms with Crippen LogP contribution in [0.15, 0.2) is 36.7 Å². The third-order valence-electron chi connectivity index (χ3n) is 6.63. The molecule has 1 aliphatic heterocycles. The lowest BCUT2D eigenvalue weighted by atomic mass is 9.94. The number of halogens is 3. The second-order valence-corrected chi connectivity index (χ2v) is 16.7. The number of aliphatic hydroxyl groups is 1. The molecule has 1 amide bonds. The van der Waals surface area contributed by atoms with Crippen LogP contribution in [0.5, 0.6) is 0 Å². The average molecular weight is 564 g/mol. The fourth-order valence-electron chi connectivity index (χ4n) is 4.58. The topological polar surface area (TPSA) is 93.4 Å². The molecule has 1 fully saturated rings. The van der Waals surface area contributed by atoms with Gasteiger partial charge in [-0.2, -0.15) is 15.3 Å². The van der Waals surface area contributed by atoms with Crippen LogP contribution in [0, 0.1) is 5.92 Å². The quantitative estimate of drug-likeness (QED) is 0.250. The molecule has 3 heterocycles. The minimum Gasteiger partial charge on any atom is -0.391 e. The van der Waals surface area contributed by atoms with E-state index >= 15 is 0 Å². The fourth-order valence-corrected chi connectivity index (χ4v) is 5.52. The number of alkyl halides is 2. The molecule has 1 N–H and O–H groups in total. The molecule has 2 aromatic heterocycles. The lowest BCUT2D eigenvalue weighted by molar-refractivity contribution is -0.120. The van der Waals surface area contributed by atoms with Crippen molar-refractivity contribution >= 4 is 31.4 Å². The Balaban J connectivity index is 1.64. The van der Waals surface area contributed by atoms with Crippen LogP contribution in [0.2, 0.25) is 30.7 Å². The van der Waals surface area contributed by atoms with Crippen LogP contribution in [0.3, 0.4) is 0 Å². The van der Waals surface area contributed by atoms with Crippen LogP contribution in [0.25, 0.3) is 11.3 Å². The molecule has 8 nitrogen and oxygen atoms in total. The third kappa shape index (κ3) is 6.45. The molecule has 0 aliphatic carbocycles. The molecule has 3 aromatic rings. The maximum absolute atomic E-state index is 13.6. The summed E-state index contributed by atoms with van der Waals surface area (Å²) in [7, 11) is -1.31. The summed E-state index contributed by atoms with van der Waals surface area (Å²) in [5.74, 6) is -0.259. The van der Waals surface area contributed by atoms with Gasteiger partial charge in [0.05, 0.1) is 19.0 Å². The zero-order chi connectivity index (χ0) is 27.4. The van der Waals surface area contributed by atoms with E-state index in [1.54, 1.807) is 34.0 Å². The highest BCUT2D eigenvalue weighted by Gasteiger charge is 2.37. The van der Waals surface area contributed by atoms with Gasteiger partial charge in [-0.3, -0.25) is 9.69 Å². The van der Waals surface area contributed by atoms with E-state index in [2.05, 4.69) is 34.9 Å². The molecule has 0 bridgehead atoms. The highest BCUT2D eigenvalue weighted by molar-refractivity contribution is 6.76. The molecule has 12 heteroatoms. The van der Waals surface area contributed by atoms with Crippen molar-refractivity contribution in [3.05, 3.63) is 58.4 Å². The number of aliphatic hydroxyl groups excluding tert-OH is 1. The first-order chi connectivity index (χ1) is 18.1. The number of carbonyl (C=O) groups excluding carboxylic acids is 1. The van der Waals surface area contributed by atoms with Crippen molar-refractivity contribution in [1.82, 2.24) is 20.0 Å². The van der Waals surface area contributed by atoms with E-state index in [4.69, 9.17) is 16.3 Å². The third-order valence-corrected chi connectivity index (χ3v) is 8.57. The van der Waals surface area contributed by atoms with Crippen molar-refractivity contribution < 1.29 is 23.4 Å². The van der Waals surface area contributed by atoms with Gasteiger partial charge in [0.15, 0.2) is 0 Å². The number of benzene rings is 1. The molecular weight excluding hydrogens is 532 g/mol. The van der Waals surface area contributed by atoms with E-state index in [9.17, 15) is 18.7 Å². The zero-order valence-electron chi connectivity index (χ0n) is 21.7. The molecule has 1 aliphatic rings. The van der Waals surface area contributed by atoms with Crippen LogP contribution in [0.4, 0.5) is 14.6 Å². The summed E-state index contributed by atoms with van der Waals surface area (Å²) in [5.41, 5.74) is 1.85. The monoisotopic (exact) mass is 563 g/mol. The number of rotatable bonds is 11. The van der Waals surface area contributed by atoms with E-state index in [1.807, 2.05) is 0 Å². The highest BCUT2D eigenvalue weighted by atomic mass is 35.5. The van der Waals surface area contributed by atoms with Gasteiger partial charge in [0.1, 0.15) is 18.2 Å². The smallest absolute Gasteiger partial charge is 0.264 e. The first-order valence-electron chi connectivity index (χ1n) is 12.5. The minimum absolute atomic E-state index is 0.104. The van der Waals surface area contributed by atoms with Gasteiger partial charge in [-0.25, -0.2) is 13.5 Å². The molecule has 1 unspecified atom stereocenters. The van der Waals surface area contributed by atoms with E-state index in [0.717, 1.165) is 6.04 Å². The Bertz CT molecular complexity index is 1270. The Kier molecular flexibility index (Phi) is 8.91. The van der Waals surface area contributed by atoms with Gasteiger partial charge in [-0.05, 0) is 42.6 Å². The highest BCUT2D eigenvalue weighted by Crippen LogP contribution is 2.37. The predicted octanol–water partition coefficient (Wildman–Crippen LogP) is 5.33. The molecule has 204 valence electrons. The molecule has 0 radical (unpaired) electrons. The Morgan fingerprint density at radius 1 is 1.24 bits per heavy atom. The van der Waals surface area contributed by atoms with Crippen molar-refractivity contribution in [3.8, 4) is 11.3 Å². The van der Waals surface area contributed by atoms with Gasteiger partial charge in [-0.1, -0.05) is 37.3 Å². The standard InChI is InChI=1S/C26H32ClF2N5O3Si/c1-38(2,3)11-10-37-16-34-25(22(15-35)23(32-34)19-6-8-30-31-14-19)33-9-7-18(26(33)36)12-17-4-5-20(27)13-21(17)24(28)29/h4-6,8,13-14,18,24,35H,7,9-12,15-16H2,1-3H3. The second-order valence-electron chi connectivity index (χ2n) is 10.6. The molecule has 0 spiro atoms. The largest absolute Gasteiger partial charge is 0.391 e. The van der Waals surface area contributed by atoms with Gasteiger partial charge in [0.2, 0.25) is 5.91 Å². The minimum atomic E-state index is -2.69. The van der Waals surface area contributed by atoms with Crippen molar-refractivity contribution in [2.45, 2.75) is 58.3 Å². The van der Waals surface area contributed by atoms with Gasteiger partial charge in [0.25, 0.3) is 6.43 Å². The normalized spacial score (nSPS) is 16.2. The number of carbonyl (C=O) groups is 1. The van der Waals surface area contributed by atoms with Crippen LogP contribution >= 0.6 is 11.6 Å². The first kappa shape index (κ1) is 28.3. The summed E-state index contributed by atoms with van der Waals surface area (Å²) in [4.78, 5) is 15.2. The number of hydrogen-bond acceptors (Lipinski definition) is 6. The summed E-state index contributed by atoms with van der Waals surface area (Å²) in [5, 5.41) is 23.0. The number of anilines is 1. The van der Waals surface area contributed by atoms with Crippen LogP contribution in [-0.2, 0) is 29.3 Å². The van der Waals surface area contributed by atoms with E-state index in [1.165, 1.54) is 12.3 Å². The molecule has 1 aromatic carbocycles. The zero-order valence-corrected chi connectivity index (χ0v) is 23.5. The van der Waals surface area contributed by atoms with E-state index in [0.29, 0.717) is 47.8 Å². The predicted molar refractivity (Wildman–Crippen MR) is 144 cm³/mol. The van der Waals surface area contributed by atoms with E-state index < -0.39 is 20.4 Å². The molecule has 38 heavy (non-hydrogen) atoms. The first-order valence-corrected chi connectivity index (χ1v) is 16.6. The van der Waals surface area contributed by atoms with Gasteiger partial charge < -0.3 is 9.84 Å². The van der Waals surface area contributed by atoms with Gasteiger partial charge in [-0.15, -0.1) is 0 Å².